The number of hydrogen-bond donors (Lipinski definition) is 1. The number of aromatic amines is 1. The zero-order chi connectivity index (χ0) is 17.3. The van der Waals surface area contributed by atoms with E-state index < -0.39 is 0 Å². The minimum atomic E-state index is -0.250. The largest absolute Gasteiger partial charge is 0.338 e. The maximum Gasteiger partial charge on any atom is 0.278 e. The second-order valence-corrected chi connectivity index (χ2v) is 5.70. The van der Waals surface area contributed by atoms with Crippen molar-refractivity contribution in [3.05, 3.63) is 40.1 Å². The van der Waals surface area contributed by atoms with Crippen LogP contribution in [0.25, 0.3) is 16.9 Å². The number of H-pyrrole nitrogens is 1. The minimum Gasteiger partial charge on any atom is -0.338 e. The fraction of sp³-hybridized carbons (Fsp3) is 0.312. The van der Waals surface area contributed by atoms with Crippen molar-refractivity contribution in [2.45, 2.75) is 32.7 Å². The molecule has 0 saturated heterocycles. The Labute approximate surface area is 137 Å². The summed E-state index contributed by atoms with van der Waals surface area (Å²) in [6.45, 7) is 4.33. The van der Waals surface area contributed by atoms with Gasteiger partial charge in [-0.25, -0.2) is 0 Å². The van der Waals surface area contributed by atoms with Crippen LogP contribution in [0.1, 0.15) is 37.3 Å². The van der Waals surface area contributed by atoms with Gasteiger partial charge in [0.15, 0.2) is 5.65 Å². The second kappa shape index (κ2) is 6.01. The lowest BCUT2D eigenvalue weighted by atomic mass is 10.00. The summed E-state index contributed by atoms with van der Waals surface area (Å²) in [6.07, 6.45) is 5.16. The van der Waals surface area contributed by atoms with Crippen LogP contribution in [-0.2, 0) is 6.54 Å². The Kier molecular flexibility index (Phi) is 3.88. The highest BCUT2D eigenvalue weighted by Crippen LogP contribution is 2.25. The molecule has 3 aromatic rings. The van der Waals surface area contributed by atoms with Crippen molar-refractivity contribution >= 4 is 5.65 Å². The quantitative estimate of drug-likeness (QED) is 0.786. The molecular weight excluding hydrogens is 306 g/mol. The van der Waals surface area contributed by atoms with Crippen LogP contribution >= 0.6 is 0 Å². The van der Waals surface area contributed by atoms with Crippen molar-refractivity contribution in [3.63, 3.8) is 0 Å². The molecule has 0 aliphatic heterocycles. The van der Waals surface area contributed by atoms with Crippen LogP contribution in [0.3, 0.4) is 0 Å². The van der Waals surface area contributed by atoms with Crippen LogP contribution in [0.2, 0.25) is 0 Å². The summed E-state index contributed by atoms with van der Waals surface area (Å²) in [5.74, 6) is -0.0367. The van der Waals surface area contributed by atoms with Crippen molar-refractivity contribution < 1.29 is 0 Å². The lowest BCUT2D eigenvalue weighted by Gasteiger charge is -2.11. The molecule has 0 spiro atoms. The fourth-order valence-corrected chi connectivity index (χ4v) is 2.65. The zero-order valence-corrected chi connectivity index (χ0v) is 13.3. The molecule has 8 heteroatoms. The van der Waals surface area contributed by atoms with Crippen molar-refractivity contribution in [1.29, 1.82) is 10.5 Å². The molecule has 1 N–H and O–H groups in total. The van der Waals surface area contributed by atoms with Crippen molar-refractivity contribution in [3.8, 4) is 23.4 Å². The number of hydrogen-bond acceptors (Lipinski definition) is 5. The van der Waals surface area contributed by atoms with Gasteiger partial charge in [0.2, 0.25) is 0 Å². The highest BCUT2D eigenvalue weighted by Gasteiger charge is 2.20. The highest BCUT2D eigenvalue weighted by molar-refractivity contribution is 5.67. The fourth-order valence-electron chi connectivity index (χ4n) is 2.65. The van der Waals surface area contributed by atoms with Crippen LogP contribution < -0.4 is 5.56 Å². The van der Waals surface area contributed by atoms with Crippen LogP contribution in [-0.4, -0.2) is 24.4 Å². The first-order valence-corrected chi connectivity index (χ1v) is 7.50. The molecule has 24 heavy (non-hydrogen) atoms. The minimum absolute atomic E-state index is 0.0367. The summed E-state index contributed by atoms with van der Waals surface area (Å²) in [7, 11) is 0. The Bertz CT molecular complexity index is 1040. The first-order chi connectivity index (χ1) is 11.6. The smallest absolute Gasteiger partial charge is 0.278 e. The summed E-state index contributed by atoms with van der Waals surface area (Å²) in [6, 6.07) is 4.10. The number of rotatable bonds is 4. The van der Waals surface area contributed by atoms with Gasteiger partial charge in [0, 0.05) is 17.3 Å². The zero-order valence-electron chi connectivity index (χ0n) is 13.3. The van der Waals surface area contributed by atoms with E-state index in [0.29, 0.717) is 35.4 Å². The average Bonchev–Trinajstić information content (AvgIpc) is 3.18. The molecule has 0 unspecified atom stereocenters. The lowest BCUT2D eigenvalue weighted by molar-refractivity contribution is 0.628. The van der Waals surface area contributed by atoms with Gasteiger partial charge in [-0.3, -0.25) is 9.48 Å². The third-order valence-electron chi connectivity index (χ3n) is 3.78. The Morgan fingerprint density at radius 3 is 2.75 bits per heavy atom. The number of aromatic nitrogens is 5. The summed E-state index contributed by atoms with van der Waals surface area (Å²) >= 11 is 0. The second-order valence-electron chi connectivity index (χ2n) is 5.70. The van der Waals surface area contributed by atoms with E-state index in [4.69, 9.17) is 5.26 Å². The van der Waals surface area contributed by atoms with Gasteiger partial charge < -0.3 is 4.98 Å². The van der Waals surface area contributed by atoms with Gasteiger partial charge in [-0.1, -0.05) is 13.8 Å². The lowest BCUT2D eigenvalue weighted by Crippen LogP contribution is -2.22. The summed E-state index contributed by atoms with van der Waals surface area (Å²) in [5.41, 5.74) is 2.37. The Morgan fingerprint density at radius 1 is 1.29 bits per heavy atom. The van der Waals surface area contributed by atoms with Gasteiger partial charge in [-0.15, -0.1) is 0 Å². The van der Waals surface area contributed by atoms with Crippen molar-refractivity contribution in [2.75, 3.05) is 0 Å². The summed E-state index contributed by atoms with van der Waals surface area (Å²) < 4.78 is 2.88. The van der Waals surface area contributed by atoms with E-state index in [1.807, 2.05) is 19.9 Å². The van der Waals surface area contributed by atoms with Crippen LogP contribution in [0.4, 0.5) is 0 Å². The molecule has 120 valence electrons. The van der Waals surface area contributed by atoms with Gasteiger partial charge in [0.1, 0.15) is 11.6 Å². The Hall–Kier alpha value is -3.39. The first kappa shape index (κ1) is 15.5. The highest BCUT2D eigenvalue weighted by atomic mass is 16.1. The Balaban J connectivity index is 2.24. The average molecular weight is 321 g/mol. The van der Waals surface area contributed by atoms with E-state index in [9.17, 15) is 10.1 Å². The molecule has 3 aromatic heterocycles. The predicted octanol–water partition coefficient (Wildman–Crippen LogP) is 1.79. The van der Waals surface area contributed by atoms with Crippen molar-refractivity contribution in [2.24, 2.45) is 0 Å². The van der Waals surface area contributed by atoms with E-state index in [2.05, 4.69) is 21.3 Å². The molecule has 0 aliphatic rings. The van der Waals surface area contributed by atoms with E-state index in [0.717, 1.165) is 5.56 Å². The third kappa shape index (κ3) is 2.44. The number of nitrogens with zero attached hydrogens (tertiary/aromatic N) is 6. The standard InChI is InChI=1S/C16H15N7O/c1-10(2)13-14(12-8-19-22(9-12)5-3-4-17)21-15-11(6-18)7-20-23(15)16(13)24/h7-10,21H,3,5H2,1-2H3. The molecule has 0 saturated carbocycles. The predicted molar refractivity (Wildman–Crippen MR) is 86.1 cm³/mol. The molecule has 0 aromatic carbocycles. The van der Waals surface area contributed by atoms with E-state index in [1.165, 1.54) is 10.7 Å². The normalized spacial score (nSPS) is 10.9. The molecule has 8 nitrogen and oxygen atoms in total. The third-order valence-corrected chi connectivity index (χ3v) is 3.78. The van der Waals surface area contributed by atoms with Gasteiger partial charge >= 0.3 is 0 Å². The topological polar surface area (TPSA) is 116 Å². The van der Waals surface area contributed by atoms with Gasteiger partial charge in [0.05, 0.1) is 37.1 Å². The number of aryl methyl sites for hydroxylation is 1. The maximum absolute atomic E-state index is 12.8. The molecule has 0 bridgehead atoms. The summed E-state index contributed by atoms with van der Waals surface area (Å²) in [5, 5.41) is 26.1. The molecule has 0 atom stereocenters. The Morgan fingerprint density at radius 2 is 2.08 bits per heavy atom. The van der Waals surface area contributed by atoms with Crippen molar-refractivity contribution in [1.82, 2.24) is 24.4 Å². The van der Waals surface area contributed by atoms with Crippen LogP contribution in [0.5, 0.6) is 0 Å². The number of nitrogens with one attached hydrogen (secondary N) is 1. The van der Waals surface area contributed by atoms with E-state index in [-0.39, 0.29) is 11.5 Å². The van der Waals surface area contributed by atoms with Gasteiger partial charge in [-0.2, -0.15) is 25.2 Å². The molecule has 3 rings (SSSR count). The molecule has 0 aliphatic carbocycles. The molecule has 3 heterocycles. The summed E-state index contributed by atoms with van der Waals surface area (Å²) in [4.78, 5) is 15.9. The number of fused-ring (bicyclic) bond motifs is 1. The molecular formula is C16H15N7O. The van der Waals surface area contributed by atoms with Gasteiger partial charge in [-0.05, 0) is 5.92 Å². The molecule has 0 fully saturated rings. The first-order valence-electron chi connectivity index (χ1n) is 7.50. The SMILES string of the molecule is CC(C)c1c(-c2cnn(CCC#N)c2)[nH]c2c(C#N)cnn2c1=O. The van der Waals surface area contributed by atoms with Crippen LogP contribution in [0, 0.1) is 22.7 Å². The molecule has 0 amide bonds. The molecule has 0 radical (unpaired) electrons. The monoisotopic (exact) mass is 321 g/mol. The van der Waals surface area contributed by atoms with Crippen LogP contribution in [0.15, 0.2) is 23.4 Å². The maximum atomic E-state index is 12.8. The van der Waals surface area contributed by atoms with Gasteiger partial charge in [0.25, 0.3) is 5.56 Å². The van der Waals surface area contributed by atoms with E-state index in [1.54, 1.807) is 17.1 Å². The number of nitriles is 2. The van der Waals surface area contributed by atoms with E-state index >= 15 is 0 Å².